The Morgan fingerprint density at radius 1 is 1.09 bits per heavy atom. The summed E-state index contributed by atoms with van der Waals surface area (Å²) in [5, 5.41) is 2.82. The van der Waals surface area contributed by atoms with E-state index in [2.05, 4.69) is 22.4 Å². The van der Waals surface area contributed by atoms with Crippen LogP contribution in [0.25, 0.3) is 0 Å². The van der Waals surface area contributed by atoms with Crippen molar-refractivity contribution in [3.05, 3.63) is 57.2 Å². The van der Waals surface area contributed by atoms with Crippen molar-refractivity contribution in [1.82, 2.24) is 9.80 Å². The third-order valence-electron chi connectivity index (χ3n) is 3.95. The summed E-state index contributed by atoms with van der Waals surface area (Å²) in [4.78, 5) is 18.1. The number of rotatable bonds is 4. The summed E-state index contributed by atoms with van der Waals surface area (Å²) in [7, 11) is 0. The minimum Gasteiger partial charge on any atom is -0.340 e. The molecule has 0 atom stereocenters. The van der Waals surface area contributed by atoms with Crippen LogP contribution in [0.5, 0.6) is 0 Å². The maximum atomic E-state index is 12.4. The van der Waals surface area contributed by atoms with Gasteiger partial charge in [-0.25, -0.2) is 0 Å². The fraction of sp³-hybridized carbons (Fsp3) is 0.353. The maximum Gasteiger partial charge on any atom is 0.227 e. The van der Waals surface area contributed by atoms with E-state index in [1.165, 1.54) is 4.88 Å². The van der Waals surface area contributed by atoms with Crippen molar-refractivity contribution in [2.24, 2.45) is 0 Å². The summed E-state index contributed by atoms with van der Waals surface area (Å²) >= 11 is 7.66. The van der Waals surface area contributed by atoms with Gasteiger partial charge in [-0.1, -0.05) is 29.8 Å². The van der Waals surface area contributed by atoms with E-state index in [1.54, 1.807) is 11.3 Å². The van der Waals surface area contributed by atoms with Crippen LogP contribution in [0.15, 0.2) is 41.8 Å². The fourth-order valence-corrected chi connectivity index (χ4v) is 3.54. The molecule has 0 N–H and O–H groups in total. The van der Waals surface area contributed by atoms with E-state index < -0.39 is 0 Å². The number of carbonyl (C=O) groups excluding carboxylic acids is 1. The second-order valence-electron chi connectivity index (χ2n) is 5.54. The molecule has 1 aromatic carbocycles. The first-order valence-electron chi connectivity index (χ1n) is 7.48. The highest BCUT2D eigenvalue weighted by Crippen LogP contribution is 2.15. The molecule has 5 heteroatoms. The van der Waals surface area contributed by atoms with E-state index >= 15 is 0 Å². The lowest BCUT2D eigenvalue weighted by Crippen LogP contribution is -2.48. The van der Waals surface area contributed by atoms with E-state index in [-0.39, 0.29) is 5.91 Å². The predicted molar refractivity (Wildman–Crippen MR) is 91.3 cm³/mol. The second-order valence-corrected chi connectivity index (χ2v) is 7.01. The first kappa shape index (κ1) is 15.5. The Bertz CT molecular complexity index is 604. The van der Waals surface area contributed by atoms with Gasteiger partial charge in [-0.05, 0) is 29.1 Å². The lowest BCUT2D eigenvalue weighted by atomic mass is 10.1. The standard InChI is InChI=1S/C17H19ClN2OS/c18-15-5-3-14(4-6-15)12-17(21)20-9-7-19(8-10-20)13-16-2-1-11-22-16/h1-6,11H,7-10,12-13H2. The third-order valence-corrected chi connectivity index (χ3v) is 5.07. The van der Waals surface area contributed by atoms with Gasteiger partial charge < -0.3 is 4.90 Å². The van der Waals surface area contributed by atoms with Gasteiger partial charge in [0, 0.05) is 42.6 Å². The summed E-state index contributed by atoms with van der Waals surface area (Å²) in [6.07, 6.45) is 0.460. The molecule has 1 aliphatic rings. The van der Waals surface area contributed by atoms with Crippen molar-refractivity contribution in [1.29, 1.82) is 0 Å². The van der Waals surface area contributed by atoms with E-state index in [1.807, 2.05) is 29.2 Å². The number of hydrogen-bond acceptors (Lipinski definition) is 3. The molecule has 1 aromatic heterocycles. The van der Waals surface area contributed by atoms with Crippen LogP contribution in [0.4, 0.5) is 0 Å². The summed E-state index contributed by atoms with van der Waals surface area (Å²) < 4.78 is 0. The van der Waals surface area contributed by atoms with Gasteiger partial charge in [0.15, 0.2) is 0 Å². The lowest BCUT2D eigenvalue weighted by Gasteiger charge is -2.34. The molecule has 1 aliphatic heterocycles. The van der Waals surface area contributed by atoms with Gasteiger partial charge in [0.05, 0.1) is 6.42 Å². The first-order chi connectivity index (χ1) is 10.7. The van der Waals surface area contributed by atoms with Gasteiger partial charge in [0.1, 0.15) is 0 Å². The maximum absolute atomic E-state index is 12.4. The van der Waals surface area contributed by atoms with Gasteiger partial charge in [0.2, 0.25) is 5.91 Å². The van der Waals surface area contributed by atoms with Crippen LogP contribution < -0.4 is 0 Å². The summed E-state index contributed by atoms with van der Waals surface area (Å²) in [6.45, 7) is 4.53. The third kappa shape index (κ3) is 4.09. The molecule has 1 amide bonds. The van der Waals surface area contributed by atoms with Gasteiger partial charge in [-0.2, -0.15) is 0 Å². The number of thiophene rings is 1. The van der Waals surface area contributed by atoms with Crippen LogP contribution >= 0.6 is 22.9 Å². The zero-order chi connectivity index (χ0) is 15.4. The molecular weight excluding hydrogens is 316 g/mol. The number of piperazine rings is 1. The highest BCUT2D eigenvalue weighted by atomic mass is 35.5. The molecule has 3 nitrogen and oxygen atoms in total. The van der Waals surface area contributed by atoms with Crippen molar-refractivity contribution in [3.63, 3.8) is 0 Å². The molecule has 0 spiro atoms. The Hall–Kier alpha value is -1.36. The average molecular weight is 335 g/mol. The quantitative estimate of drug-likeness (QED) is 0.856. The summed E-state index contributed by atoms with van der Waals surface area (Å²) in [5.74, 6) is 0.207. The molecule has 0 saturated carbocycles. The number of carbonyl (C=O) groups is 1. The van der Waals surface area contributed by atoms with Crippen molar-refractivity contribution in [2.75, 3.05) is 26.2 Å². The van der Waals surface area contributed by atoms with Crippen LogP contribution in [0, 0.1) is 0 Å². The minimum absolute atomic E-state index is 0.207. The summed E-state index contributed by atoms with van der Waals surface area (Å²) in [5.41, 5.74) is 1.02. The molecule has 2 aromatic rings. The van der Waals surface area contributed by atoms with E-state index in [4.69, 9.17) is 11.6 Å². The number of hydrogen-bond donors (Lipinski definition) is 0. The zero-order valence-electron chi connectivity index (χ0n) is 12.4. The summed E-state index contributed by atoms with van der Waals surface area (Å²) in [6, 6.07) is 11.8. The Balaban J connectivity index is 1.48. The van der Waals surface area contributed by atoms with Crippen molar-refractivity contribution < 1.29 is 4.79 Å². The van der Waals surface area contributed by atoms with Gasteiger partial charge in [-0.3, -0.25) is 9.69 Å². The average Bonchev–Trinajstić information content (AvgIpc) is 3.03. The highest BCUT2D eigenvalue weighted by molar-refractivity contribution is 7.09. The molecule has 116 valence electrons. The SMILES string of the molecule is O=C(Cc1ccc(Cl)cc1)N1CCN(Cc2cccs2)CC1. The van der Waals surface area contributed by atoms with Crippen LogP contribution in [-0.4, -0.2) is 41.9 Å². The number of nitrogens with zero attached hydrogens (tertiary/aromatic N) is 2. The van der Waals surface area contributed by atoms with Crippen molar-refractivity contribution >= 4 is 28.8 Å². The van der Waals surface area contributed by atoms with Crippen molar-refractivity contribution in [2.45, 2.75) is 13.0 Å². The Morgan fingerprint density at radius 2 is 1.82 bits per heavy atom. The molecule has 0 radical (unpaired) electrons. The van der Waals surface area contributed by atoms with Gasteiger partial charge in [0.25, 0.3) is 0 Å². The largest absolute Gasteiger partial charge is 0.340 e. The molecule has 0 aliphatic carbocycles. The normalized spacial score (nSPS) is 16.0. The Morgan fingerprint density at radius 3 is 2.45 bits per heavy atom. The van der Waals surface area contributed by atoms with Crippen LogP contribution in [0.2, 0.25) is 5.02 Å². The Kier molecular flexibility index (Phi) is 5.13. The number of halogens is 1. The lowest BCUT2D eigenvalue weighted by molar-refractivity contribution is -0.132. The number of amides is 1. The number of benzene rings is 1. The zero-order valence-corrected chi connectivity index (χ0v) is 13.9. The van der Waals surface area contributed by atoms with E-state index in [9.17, 15) is 4.79 Å². The molecule has 0 unspecified atom stereocenters. The van der Waals surface area contributed by atoms with Crippen LogP contribution in [0.3, 0.4) is 0 Å². The van der Waals surface area contributed by atoms with E-state index in [0.29, 0.717) is 11.4 Å². The highest BCUT2D eigenvalue weighted by Gasteiger charge is 2.21. The topological polar surface area (TPSA) is 23.6 Å². The van der Waals surface area contributed by atoms with Crippen LogP contribution in [-0.2, 0) is 17.8 Å². The Labute approximate surface area is 140 Å². The molecule has 2 heterocycles. The molecule has 0 bridgehead atoms. The predicted octanol–water partition coefficient (Wildman–Crippen LogP) is 3.29. The molecule has 22 heavy (non-hydrogen) atoms. The molecule has 3 rings (SSSR count). The molecular formula is C17H19ClN2OS. The van der Waals surface area contributed by atoms with Gasteiger partial charge >= 0.3 is 0 Å². The minimum atomic E-state index is 0.207. The molecule has 1 saturated heterocycles. The molecule has 1 fully saturated rings. The monoisotopic (exact) mass is 334 g/mol. The fourth-order valence-electron chi connectivity index (χ4n) is 2.67. The smallest absolute Gasteiger partial charge is 0.227 e. The van der Waals surface area contributed by atoms with Gasteiger partial charge in [-0.15, -0.1) is 11.3 Å². The van der Waals surface area contributed by atoms with Crippen molar-refractivity contribution in [3.8, 4) is 0 Å². The first-order valence-corrected chi connectivity index (χ1v) is 8.73. The second kappa shape index (κ2) is 7.27. The van der Waals surface area contributed by atoms with Crippen LogP contribution in [0.1, 0.15) is 10.4 Å². The van der Waals surface area contributed by atoms with E-state index in [0.717, 1.165) is 38.3 Å².